The van der Waals surface area contributed by atoms with E-state index >= 15 is 0 Å². The predicted octanol–water partition coefficient (Wildman–Crippen LogP) is 3.34. The Labute approximate surface area is 104 Å². The Morgan fingerprint density at radius 3 is 2.65 bits per heavy atom. The summed E-state index contributed by atoms with van der Waals surface area (Å²) in [6.45, 7) is 6.02. The van der Waals surface area contributed by atoms with Gasteiger partial charge in [0, 0.05) is 12.8 Å². The van der Waals surface area contributed by atoms with Gasteiger partial charge < -0.3 is 5.11 Å². The maximum absolute atomic E-state index is 9.76. The Balaban J connectivity index is 2.34. The van der Waals surface area contributed by atoms with Crippen molar-refractivity contribution >= 4 is 0 Å². The largest absolute Gasteiger partial charge is 0.392 e. The van der Waals surface area contributed by atoms with Gasteiger partial charge in [0.2, 0.25) is 0 Å². The molecule has 0 spiro atoms. The smallest absolute Gasteiger partial charge is 0.0686 e. The fourth-order valence-corrected chi connectivity index (χ4v) is 1.68. The van der Waals surface area contributed by atoms with Crippen LogP contribution in [0.15, 0.2) is 42.5 Å². The average molecular weight is 228 g/mol. The van der Waals surface area contributed by atoms with Crippen LogP contribution in [0.5, 0.6) is 0 Å². The van der Waals surface area contributed by atoms with Crippen molar-refractivity contribution in [3.8, 4) is 11.8 Å². The minimum atomic E-state index is -0.384. The zero-order chi connectivity index (χ0) is 12.5. The normalized spacial score (nSPS) is 11.4. The standard InChI is InChI=1S/C16H20O/c1-3-4-6-11-16(17)13-14(2)12-15-9-7-5-8-10-15/h5,7-10,16-17H,2-3,11-13H2,1H3/t16-/m0/s1. The van der Waals surface area contributed by atoms with Crippen molar-refractivity contribution in [2.75, 3.05) is 0 Å². The lowest BCUT2D eigenvalue weighted by molar-refractivity contribution is 0.180. The Hall–Kier alpha value is -1.52. The van der Waals surface area contributed by atoms with E-state index in [4.69, 9.17) is 0 Å². The predicted molar refractivity (Wildman–Crippen MR) is 72.6 cm³/mol. The molecule has 1 aromatic rings. The molecular weight excluding hydrogens is 208 g/mol. The van der Waals surface area contributed by atoms with Gasteiger partial charge in [0.1, 0.15) is 0 Å². The molecule has 1 nitrogen and oxygen atoms in total. The Kier molecular flexibility index (Phi) is 6.14. The maximum Gasteiger partial charge on any atom is 0.0686 e. The first kappa shape index (κ1) is 13.5. The molecule has 0 heterocycles. The van der Waals surface area contributed by atoms with E-state index in [2.05, 4.69) is 30.6 Å². The van der Waals surface area contributed by atoms with Gasteiger partial charge in [0.25, 0.3) is 0 Å². The van der Waals surface area contributed by atoms with E-state index in [1.54, 1.807) is 0 Å². The van der Waals surface area contributed by atoms with Crippen LogP contribution in [0.25, 0.3) is 0 Å². The molecule has 0 saturated heterocycles. The summed E-state index contributed by atoms with van der Waals surface area (Å²) in [5.41, 5.74) is 2.30. The van der Waals surface area contributed by atoms with Crippen LogP contribution in [0.4, 0.5) is 0 Å². The first-order valence-corrected chi connectivity index (χ1v) is 6.06. The van der Waals surface area contributed by atoms with E-state index in [1.165, 1.54) is 5.56 Å². The number of aliphatic hydroxyl groups is 1. The molecule has 0 aromatic heterocycles. The summed E-state index contributed by atoms with van der Waals surface area (Å²) in [6.07, 6.45) is 2.47. The third kappa shape index (κ3) is 5.94. The highest BCUT2D eigenvalue weighted by molar-refractivity contribution is 5.20. The summed E-state index contributed by atoms with van der Waals surface area (Å²) in [5.74, 6) is 5.93. The molecule has 0 aliphatic heterocycles. The molecule has 1 atom stereocenters. The van der Waals surface area contributed by atoms with E-state index in [9.17, 15) is 5.11 Å². The van der Waals surface area contributed by atoms with Gasteiger partial charge in [0.15, 0.2) is 0 Å². The summed E-state index contributed by atoms with van der Waals surface area (Å²) in [5, 5.41) is 9.76. The molecule has 0 bridgehead atoms. The van der Waals surface area contributed by atoms with Crippen molar-refractivity contribution in [1.82, 2.24) is 0 Å². The minimum absolute atomic E-state index is 0.384. The van der Waals surface area contributed by atoms with E-state index in [-0.39, 0.29) is 6.10 Å². The first-order valence-electron chi connectivity index (χ1n) is 6.06. The van der Waals surface area contributed by atoms with Crippen molar-refractivity contribution in [2.45, 2.75) is 38.7 Å². The molecule has 0 amide bonds. The zero-order valence-corrected chi connectivity index (χ0v) is 10.4. The van der Waals surface area contributed by atoms with Crippen LogP contribution in [0.1, 0.15) is 31.7 Å². The molecule has 90 valence electrons. The van der Waals surface area contributed by atoms with E-state index < -0.39 is 0 Å². The molecule has 0 unspecified atom stereocenters. The summed E-state index contributed by atoms with van der Waals surface area (Å²) < 4.78 is 0. The third-order valence-electron chi connectivity index (χ3n) is 2.46. The summed E-state index contributed by atoms with van der Waals surface area (Å²) >= 11 is 0. The minimum Gasteiger partial charge on any atom is -0.392 e. The van der Waals surface area contributed by atoms with Gasteiger partial charge in [-0.2, -0.15) is 0 Å². The Morgan fingerprint density at radius 1 is 1.29 bits per heavy atom. The molecule has 0 aliphatic rings. The van der Waals surface area contributed by atoms with Crippen molar-refractivity contribution in [3.63, 3.8) is 0 Å². The van der Waals surface area contributed by atoms with Crippen molar-refractivity contribution in [2.24, 2.45) is 0 Å². The Morgan fingerprint density at radius 2 is 2.00 bits per heavy atom. The van der Waals surface area contributed by atoms with Crippen LogP contribution in [0.2, 0.25) is 0 Å². The highest BCUT2D eigenvalue weighted by Crippen LogP contribution is 2.12. The molecule has 1 heteroatoms. The second-order valence-corrected chi connectivity index (χ2v) is 4.18. The van der Waals surface area contributed by atoms with Gasteiger partial charge in [-0.05, 0) is 18.4 Å². The second kappa shape index (κ2) is 7.70. The molecule has 0 saturated carbocycles. The summed E-state index contributed by atoms with van der Waals surface area (Å²) in [7, 11) is 0. The topological polar surface area (TPSA) is 20.2 Å². The number of aliphatic hydroxyl groups excluding tert-OH is 1. The lowest BCUT2D eigenvalue weighted by Gasteiger charge is -2.09. The first-order chi connectivity index (χ1) is 8.22. The fraction of sp³-hybridized carbons (Fsp3) is 0.375. The highest BCUT2D eigenvalue weighted by atomic mass is 16.3. The molecule has 0 fully saturated rings. The second-order valence-electron chi connectivity index (χ2n) is 4.18. The molecular formula is C16H20O. The molecule has 1 aromatic carbocycles. The van der Waals surface area contributed by atoms with Gasteiger partial charge in [-0.15, -0.1) is 11.8 Å². The Bertz CT molecular complexity index is 395. The molecule has 0 aliphatic carbocycles. The van der Waals surface area contributed by atoms with Crippen molar-refractivity contribution in [3.05, 3.63) is 48.0 Å². The lowest BCUT2D eigenvalue weighted by Crippen LogP contribution is -2.07. The molecule has 1 N–H and O–H groups in total. The highest BCUT2D eigenvalue weighted by Gasteiger charge is 2.05. The monoisotopic (exact) mass is 228 g/mol. The van der Waals surface area contributed by atoms with Gasteiger partial charge in [-0.25, -0.2) is 0 Å². The van der Waals surface area contributed by atoms with Crippen LogP contribution in [-0.4, -0.2) is 11.2 Å². The summed E-state index contributed by atoms with van der Waals surface area (Å²) in [4.78, 5) is 0. The van der Waals surface area contributed by atoms with Crippen LogP contribution in [0, 0.1) is 11.8 Å². The number of rotatable bonds is 5. The quantitative estimate of drug-likeness (QED) is 0.605. The summed E-state index contributed by atoms with van der Waals surface area (Å²) in [6, 6.07) is 10.2. The number of hydrogen-bond donors (Lipinski definition) is 1. The van der Waals surface area contributed by atoms with Crippen molar-refractivity contribution < 1.29 is 5.11 Å². The van der Waals surface area contributed by atoms with E-state index in [1.807, 2.05) is 25.1 Å². The lowest BCUT2D eigenvalue weighted by atomic mass is 10.0. The average Bonchev–Trinajstić information content (AvgIpc) is 2.30. The fourth-order valence-electron chi connectivity index (χ4n) is 1.68. The third-order valence-corrected chi connectivity index (χ3v) is 2.46. The van der Waals surface area contributed by atoms with E-state index in [0.29, 0.717) is 12.8 Å². The maximum atomic E-state index is 9.76. The number of benzene rings is 1. The van der Waals surface area contributed by atoms with Gasteiger partial charge >= 0.3 is 0 Å². The van der Waals surface area contributed by atoms with Crippen molar-refractivity contribution in [1.29, 1.82) is 0 Å². The SMILES string of the molecule is C=C(Cc1ccccc1)C[C@@H](O)CC#CCC. The van der Waals surface area contributed by atoms with Crippen LogP contribution >= 0.6 is 0 Å². The van der Waals surface area contributed by atoms with Crippen LogP contribution in [0.3, 0.4) is 0 Å². The van der Waals surface area contributed by atoms with Gasteiger partial charge in [-0.3, -0.25) is 0 Å². The zero-order valence-electron chi connectivity index (χ0n) is 10.4. The van der Waals surface area contributed by atoms with Gasteiger partial charge in [0.05, 0.1) is 6.10 Å². The van der Waals surface area contributed by atoms with Crippen LogP contribution < -0.4 is 0 Å². The molecule has 0 radical (unpaired) electrons. The number of hydrogen-bond acceptors (Lipinski definition) is 1. The molecule has 17 heavy (non-hydrogen) atoms. The van der Waals surface area contributed by atoms with Crippen LogP contribution in [-0.2, 0) is 6.42 Å². The molecule has 1 rings (SSSR count). The van der Waals surface area contributed by atoms with Gasteiger partial charge in [-0.1, -0.05) is 49.4 Å². The van der Waals surface area contributed by atoms with E-state index in [0.717, 1.165) is 18.4 Å².